The van der Waals surface area contributed by atoms with E-state index in [2.05, 4.69) is 5.32 Å². The fraction of sp³-hybridized carbons (Fsp3) is 0.312. The third-order valence-corrected chi connectivity index (χ3v) is 7.79. The van der Waals surface area contributed by atoms with E-state index in [1.54, 1.807) is 6.92 Å². The van der Waals surface area contributed by atoms with Crippen molar-refractivity contribution in [1.29, 1.82) is 0 Å². The first-order valence-corrected chi connectivity index (χ1v) is 13.6. The van der Waals surface area contributed by atoms with Crippen LogP contribution in [0.5, 0.6) is 0 Å². The number of alkyl carbamates (subject to hydrolysis) is 1. The van der Waals surface area contributed by atoms with Gasteiger partial charge in [0.25, 0.3) is 0 Å². The molecule has 212 valence electrons. The number of hydrogen-bond acceptors (Lipinski definition) is 6. The first kappa shape index (κ1) is 27.9. The Hall–Kier alpha value is -4.66. The van der Waals surface area contributed by atoms with Gasteiger partial charge in [0.1, 0.15) is 19.3 Å². The number of benzene rings is 3. The molecule has 2 aliphatic rings. The van der Waals surface area contributed by atoms with Gasteiger partial charge in [0.05, 0.1) is 12.3 Å². The monoisotopic (exact) mass is 556 g/mol. The summed E-state index contributed by atoms with van der Waals surface area (Å²) in [5.74, 6) is -3.38. The number of fused-ring (bicyclic) bond motifs is 3. The summed E-state index contributed by atoms with van der Waals surface area (Å²) in [5.41, 5.74) is 5.05. The standard InChI is InChI=1S/C32H32N2O7/c1-20-16-34(17-26(20)31(37)38)30(36)28(15-29(35)40-18-21-9-3-2-4-10-21)33-32(39)41-19-27-24-13-7-5-11-22(24)23-12-6-8-14-25(23)27/h2-14,20,26-28H,15-19H2,1H3,(H,33,39)(H,37,38)/t20?,26?,28-/m0/s1. The Morgan fingerprint density at radius 3 is 2.10 bits per heavy atom. The minimum absolute atomic E-state index is 0.00271. The van der Waals surface area contributed by atoms with Crippen LogP contribution < -0.4 is 5.32 Å². The molecule has 0 aromatic heterocycles. The van der Waals surface area contributed by atoms with Gasteiger partial charge in [0, 0.05) is 19.0 Å². The number of amides is 2. The Morgan fingerprint density at radius 2 is 1.49 bits per heavy atom. The molecule has 0 radical (unpaired) electrons. The second-order valence-corrected chi connectivity index (χ2v) is 10.5. The Balaban J connectivity index is 1.26. The van der Waals surface area contributed by atoms with Crippen molar-refractivity contribution in [2.75, 3.05) is 19.7 Å². The van der Waals surface area contributed by atoms with Gasteiger partial charge in [-0.3, -0.25) is 14.4 Å². The lowest BCUT2D eigenvalue weighted by molar-refractivity contribution is -0.148. The minimum Gasteiger partial charge on any atom is -0.481 e. The van der Waals surface area contributed by atoms with E-state index in [1.165, 1.54) is 4.90 Å². The number of ether oxygens (including phenoxy) is 2. The maximum absolute atomic E-state index is 13.4. The summed E-state index contributed by atoms with van der Waals surface area (Å²) >= 11 is 0. The van der Waals surface area contributed by atoms with Gasteiger partial charge in [-0.2, -0.15) is 0 Å². The molecule has 2 amide bonds. The fourth-order valence-electron chi connectivity index (χ4n) is 5.63. The number of nitrogens with zero attached hydrogens (tertiary/aromatic N) is 1. The molecule has 1 saturated heterocycles. The molecule has 0 spiro atoms. The second-order valence-electron chi connectivity index (χ2n) is 10.5. The lowest BCUT2D eigenvalue weighted by Crippen LogP contribution is -2.49. The van der Waals surface area contributed by atoms with E-state index in [9.17, 15) is 24.3 Å². The average Bonchev–Trinajstić information content (AvgIpc) is 3.53. The van der Waals surface area contributed by atoms with Gasteiger partial charge in [-0.05, 0) is 33.7 Å². The zero-order chi connectivity index (χ0) is 28.9. The molecule has 1 fully saturated rings. The SMILES string of the molecule is CC1CN(C(=O)[C@H](CC(=O)OCc2ccccc2)NC(=O)OCC2c3ccccc3-c3ccccc32)CC1C(=O)O. The van der Waals surface area contributed by atoms with Crippen LogP contribution in [0.2, 0.25) is 0 Å². The molecule has 2 unspecified atom stereocenters. The molecule has 1 aliphatic heterocycles. The molecule has 1 heterocycles. The molecular weight excluding hydrogens is 524 g/mol. The molecular formula is C32H32N2O7. The number of carboxylic acid groups (broad SMARTS) is 1. The maximum Gasteiger partial charge on any atom is 0.407 e. The van der Waals surface area contributed by atoms with Gasteiger partial charge in [0.15, 0.2) is 0 Å². The third-order valence-electron chi connectivity index (χ3n) is 7.79. The number of carbonyl (C=O) groups excluding carboxylic acids is 3. The normalized spacial score (nSPS) is 18.2. The lowest BCUT2D eigenvalue weighted by atomic mass is 9.98. The van der Waals surface area contributed by atoms with E-state index in [0.29, 0.717) is 0 Å². The lowest BCUT2D eigenvalue weighted by Gasteiger charge is -2.24. The molecule has 3 aromatic rings. The number of likely N-dealkylation sites (tertiary alicyclic amines) is 1. The summed E-state index contributed by atoms with van der Waals surface area (Å²) in [6, 6.07) is 23.7. The van der Waals surface area contributed by atoms with Crippen LogP contribution in [0.4, 0.5) is 4.79 Å². The van der Waals surface area contributed by atoms with E-state index in [1.807, 2.05) is 78.9 Å². The first-order chi connectivity index (χ1) is 19.8. The van der Waals surface area contributed by atoms with Gasteiger partial charge >= 0.3 is 18.0 Å². The topological polar surface area (TPSA) is 122 Å². The summed E-state index contributed by atoms with van der Waals surface area (Å²) < 4.78 is 11.0. The third kappa shape index (κ3) is 6.24. The molecule has 0 bridgehead atoms. The van der Waals surface area contributed by atoms with Crippen LogP contribution >= 0.6 is 0 Å². The number of hydrogen-bond donors (Lipinski definition) is 2. The summed E-state index contributed by atoms with van der Waals surface area (Å²) in [6.07, 6.45) is -1.26. The van der Waals surface area contributed by atoms with E-state index >= 15 is 0 Å². The van der Waals surface area contributed by atoms with Gasteiger partial charge < -0.3 is 24.8 Å². The molecule has 3 aromatic carbocycles. The van der Waals surface area contributed by atoms with E-state index in [0.717, 1.165) is 27.8 Å². The second kappa shape index (κ2) is 12.2. The largest absolute Gasteiger partial charge is 0.481 e. The summed E-state index contributed by atoms with van der Waals surface area (Å²) in [7, 11) is 0. The average molecular weight is 557 g/mol. The van der Waals surface area contributed by atoms with Gasteiger partial charge in [-0.25, -0.2) is 4.79 Å². The summed E-state index contributed by atoms with van der Waals surface area (Å²) in [5, 5.41) is 12.1. The molecule has 1 aliphatic carbocycles. The highest BCUT2D eigenvalue weighted by atomic mass is 16.5. The Labute approximate surface area is 238 Å². The number of carboxylic acids is 1. The van der Waals surface area contributed by atoms with Crippen LogP contribution in [0.3, 0.4) is 0 Å². The zero-order valence-electron chi connectivity index (χ0n) is 22.7. The molecule has 9 nitrogen and oxygen atoms in total. The number of aliphatic carboxylic acids is 1. The van der Waals surface area contributed by atoms with Crippen LogP contribution in [-0.2, 0) is 30.5 Å². The van der Waals surface area contributed by atoms with Crippen LogP contribution in [-0.4, -0.2) is 59.7 Å². The zero-order valence-corrected chi connectivity index (χ0v) is 22.7. The highest BCUT2D eigenvalue weighted by Crippen LogP contribution is 2.44. The smallest absolute Gasteiger partial charge is 0.407 e. The highest BCUT2D eigenvalue weighted by molar-refractivity contribution is 5.90. The molecule has 9 heteroatoms. The van der Waals surface area contributed by atoms with Crippen molar-refractivity contribution in [2.24, 2.45) is 11.8 Å². The van der Waals surface area contributed by atoms with Gasteiger partial charge in [-0.15, -0.1) is 0 Å². The Morgan fingerprint density at radius 1 is 0.878 bits per heavy atom. The molecule has 5 rings (SSSR count). The van der Waals surface area contributed by atoms with Gasteiger partial charge in [0.2, 0.25) is 5.91 Å². The van der Waals surface area contributed by atoms with Crippen molar-refractivity contribution in [2.45, 2.75) is 31.9 Å². The van der Waals surface area contributed by atoms with E-state index in [-0.39, 0.29) is 38.1 Å². The predicted molar refractivity (Wildman–Crippen MR) is 150 cm³/mol. The van der Waals surface area contributed by atoms with Crippen molar-refractivity contribution in [3.8, 4) is 11.1 Å². The Bertz CT molecular complexity index is 1400. The van der Waals surface area contributed by atoms with Crippen molar-refractivity contribution in [3.05, 3.63) is 95.6 Å². The number of carbonyl (C=O) groups is 4. The molecule has 2 N–H and O–H groups in total. The molecule has 0 saturated carbocycles. The molecule has 41 heavy (non-hydrogen) atoms. The number of nitrogens with one attached hydrogen (secondary N) is 1. The summed E-state index contributed by atoms with van der Waals surface area (Å²) in [4.78, 5) is 52.2. The van der Waals surface area contributed by atoms with Crippen LogP contribution in [0.1, 0.15) is 36.0 Å². The van der Waals surface area contributed by atoms with Crippen LogP contribution in [0.25, 0.3) is 11.1 Å². The van der Waals surface area contributed by atoms with Crippen molar-refractivity contribution in [3.63, 3.8) is 0 Å². The highest BCUT2D eigenvalue weighted by Gasteiger charge is 2.40. The van der Waals surface area contributed by atoms with Crippen molar-refractivity contribution >= 4 is 23.9 Å². The van der Waals surface area contributed by atoms with Crippen molar-refractivity contribution in [1.82, 2.24) is 10.2 Å². The number of esters is 1. The van der Waals surface area contributed by atoms with E-state index in [4.69, 9.17) is 9.47 Å². The predicted octanol–water partition coefficient (Wildman–Crippen LogP) is 4.21. The van der Waals surface area contributed by atoms with E-state index < -0.39 is 42.3 Å². The van der Waals surface area contributed by atoms with Crippen LogP contribution in [0, 0.1) is 11.8 Å². The molecule has 3 atom stereocenters. The minimum atomic E-state index is -1.27. The van der Waals surface area contributed by atoms with Crippen molar-refractivity contribution < 1.29 is 33.8 Å². The van der Waals surface area contributed by atoms with Crippen LogP contribution in [0.15, 0.2) is 78.9 Å². The number of rotatable bonds is 9. The maximum atomic E-state index is 13.4. The quantitative estimate of drug-likeness (QED) is 0.379. The Kier molecular flexibility index (Phi) is 8.33. The summed E-state index contributed by atoms with van der Waals surface area (Å²) in [6.45, 7) is 2.03. The van der Waals surface area contributed by atoms with Gasteiger partial charge in [-0.1, -0.05) is 85.8 Å². The first-order valence-electron chi connectivity index (χ1n) is 13.6. The fourth-order valence-corrected chi connectivity index (χ4v) is 5.63.